The predicted octanol–water partition coefficient (Wildman–Crippen LogP) is 1.08. The second-order valence-corrected chi connectivity index (χ2v) is 15.5. The molecule has 2 N–H and O–H groups in total. The molecule has 3 nitrogen and oxygen atoms in total. The molecule has 0 radical (unpaired) electrons. The highest BCUT2D eigenvalue weighted by molar-refractivity contribution is 9.14. The lowest BCUT2D eigenvalue weighted by Gasteiger charge is -2.33. The third-order valence-corrected chi connectivity index (χ3v) is 8.35. The fraction of sp³-hybridized carbons (Fsp3) is 1.00. The van der Waals surface area contributed by atoms with Crippen LogP contribution in [0.25, 0.3) is 0 Å². The Hall–Kier alpha value is 0.770. The Labute approximate surface area is 61.3 Å². The molecule has 8 heteroatoms. The fourth-order valence-electron chi connectivity index (χ4n) is 0. The molecule has 0 aromatic rings. The lowest BCUT2D eigenvalue weighted by molar-refractivity contribution is 0.609. The van der Waals surface area contributed by atoms with Crippen molar-refractivity contribution in [3.63, 3.8) is 0 Å². The molecule has 0 saturated carbocycles. The van der Waals surface area contributed by atoms with Gasteiger partial charge in [-0.25, -0.2) is 5.14 Å². The van der Waals surface area contributed by atoms with E-state index in [1.54, 1.807) is 0 Å². The standard InChI is InChI=1S/CH6Cl2FNO2S2/c1-9(2,3,4)8(5,6)7/h9H,1H3,(H2,5,6,7). The molecule has 0 aliphatic heterocycles. The molecule has 0 fully saturated rings. The zero-order chi connectivity index (χ0) is 7.95. The highest BCUT2D eigenvalue weighted by Gasteiger charge is 2.40. The van der Waals surface area contributed by atoms with Crippen LogP contribution in [-0.2, 0) is 9.06 Å². The molecule has 0 aromatic carbocycles. The molecule has 0 bridgehead atoms. The van der Waals surface area contributed by atoms with Gasteiger partial charge >= 0.3 is 0 Å². The monoisotopic (exact) mass is 217 g/mol. The molecule has 0 heterocycles. The van der Waals surface area contributed by atoms with Crippen molar-refractivity contribution in [3.8, 4) is 0 Å². The van der Waals surface area contributed by atoms with Crippen molar-refractivity contribution in [3.05, 3.63) is 0 Å². The summed E-state index contributed by atoms with van der Waals surface area (Å²) in [5, 5.41) is 4.34. The van der Waals surface area contributed by atoms with Gasteiger partial charge in [0, 0.05) is 13.3 Å². The smallest absolute Gasteiger partial charge is 0.219 e. The minimum absolute atomic E-state index is 0.573. The lowest BCUT2D eigenvalue weighted by Crippen LogP contribution is -2.19. The summed E-state index contributed by atoms with van der Waals surface area (Å²) >= 11 is 0. The van der Waals surface area contributed by atoms with Gasteiger partial charge in [-0.15, -0.1) is 0 Å². The van der Waals surface area contributed by atoms with Crippen LogP contribution >= 0.6 is 28.4 Å². The van der Waals surface area contributed by atoms with Crippen LogP contribution in [0.2, 0.25) is 0 Å². The van der Waals surface area contributed by atoms with E-state index in [-0.39, 0.29) is 0 Å². The van der Waals surface area contributed by atoms with Gasteiger partial charge < -0.3 is 0 Å². The first-order chi connectivity index (χ1) is 3.51. The first-order valence-corrected chi connectivity index (χ1v) is 8.24. The first-order valence-electron chi connectivity index (χ1n) is 1.71. The summed E-state index contributed by atoms with van der Waals surface area (Å²) in [7, 11) is -0.00293. The SMILES string of the molecule is C[SH](F)(Cl)(Cl)S(N)(=O)=O. The van der Waals surface area contributed by atoms with E-state index in [1.807, 2.05) is 0 Å². The van der Waals surface area contributed by atoms with E-state index in [2.05, 4.69) is 5.14 Å². The summed E-state index contributed by atoms with van der Waals surface area (Å²) in [6.07, 6.45) is 0.573. The van der Waals surface area contributed by atoms with Crippen molar-refractivity contribution >= 4 is 37.4 Å². The van der Waals surface area contributed by atoms with Crippen LogP contribution in [0.5, 0.6) is 0 Å². The van der Waals surface area contributed by atoms with Gasteiger partial charge in [0.2, 0.25) is 0 Å². The first kappa shape index (κ1) is 9.77. The van der Waals surface area contributed by atoms with E-state index in [0.29, 0.717) is 6.26 Å². The Morgan fingerprint density at radius 2 is 1.67 bits per heavy atom. The minimum Gasteiger partial charge on any atom is -0.219 e. The van der Waals surface area contributed by atoms with E-state index < -0.39 is 16.1 Å². The zero-order valence-corrected chi connectivity index (χ0v) is 7.61. The Balaban J connectivity index is 5.05. The molecule has 0 spiro atoms. The quantitative estimate of drug-likeness (QED) is 0.511. The summed E-state index contributed by atoms with van der Waals surface area (Å²) in [5.41, 5.74) is 0. The average Bonchev–Trinajstić information content (AvgIpc) is 1.20. The van der Waals surface area contributed by atoms with Gasteiger partial charge in [0.25, 0.3) is 9.06 Å². The highest BCUT2D eigenvalue weighted by atomic mass is 36.0. The molecular formula is CH6Cl2FNO2S2. The van der Waals surface area contributed by atoms with E-state index in [0.717, 1.165) is 0 Å². The Bertz CT molecular complexity index is 205. The number of thiol groups is 1. The van der Waals surface area contributed by atoms with Crippen molar-refractivity contribution in [1.29, 1.82) is 0 Å². The number of halogens is 3. The highest BCUT2D eigenvalue weighted by Crippen LogP contribution is 2.80. The molecule has 0 atom stereocenters. The summed E-state index contributed by atoms with van der Waals surface area (Å²) in [6, 6.07) is 0. The Morgan fingerprint density at radius 1 is 1.56 bits per heavy atom. The largest absolute Gasteiger partial charge is 0.273 e. The minimum atomic E-state index is -5.12. The van der Waals surface area contributed by atoms with Crippen molar-refractivity contribution in [2.75, 3.05) is 6.26 Å². The molecule has 0 aliphatic rings. The normalized spacial score (nSPS) is 18.6. The van der Waals surface area contributed by atoms with E-state index >= 15 is 0 Å². The fourth-order valence-corrected chi connectivity index (χ4v) is 0. The van der Waals surface area contributed by atoms with Gasteiger partial charge in [0.15, 0.2) is 0 Å². The summed E-state index contributed by atoms with van der Waals surface area (Å²) in [6.45, 7) is 0. The maximum Gasteiger partial charge on any atom is 0.273 e. The van der Waals surface area contributed by atoms with Crippen LogP contribution in [0, 0.1) is 0 Å². The second kappa shape index (κ2) is 1.88. The molecule has 60 valence electrons. The molecule has 0 aliphatic carbocycles. The Kier molecular flexibility index (Phi) is 2.04. The van der Waals surface area contributed by atoms with Crippen molar-refractivity contribution in [2.24, 2.45) is 5.14 Å². The summed E-state index contributed by atoms with van der Waals surface area (Å²) in [4.78, 5) is 0. The van der Waals surface area contributed by atoms with Crippen LogP contribution in [0.4, 0.5) is 3.89 Å². The third kappa shape index (κ3) is 2.46. The number of rotatable bonds is 1. The van der Waals surface area contributed by atoms with E-state index in [4.69, 9.17) is 21.4 Å². The van der Waals surface area contributed by atoms with Crippen LogP contribution in [0.1, 0.15) is 0 Å². The average molecular weight is 218 g/mol. The molecular weight excluding hydrogens is 212 g/mol. The summed E-state index contributed by atoms with van der Waals surface area (Å²) < 4.78 is 32.9. The molecule has 0 amide bonds. The van der Waals surface area contributed by atoms with Crippen molar-refractivity contribution in [2.45, 2.75) is 0 Å². The van der Waals surface area contributed by atoms with Crippen LogP contribution in [-0.4, -0.2) is 14.7 Å². The van der Waals surface area contributed by atoms with Crippen molar-refractivity contribution < 1.29 is 12.3 Å². The zero-order valence-electron chi connectivity index (χ0n) is 4.38. The Morgan fingerprint density at radius 3 is 1.67 bits per heavy atom. The molecule has 0 saturated heterocycles. The van der Waals surface area contributed by atoms with Crippen LogP contribution in [0.15, 0.2) is 0 Å². The molecule has 9 heavy (non-hydrogen) atoms. The number of hydrogen-bond acceptors (Lipinski definition) is 2. The molecule has 0 rings (SSSR count). The molecule has 0 aromatic heterocycles. The van der Waals surface area contributed by atoms with Crippen LogP contribution in [0.3, 0.4) is 0 Å². The number of nitrogens with two attached hydrogens (primary N) is 1. The van der Waals surface area contributed by atoms with E-state index in [1.165, 1.54) is 0 Å². The third-order valence-electron chi connectivity index (χ3n) is 0.543. The van der Waals surface area contributed by atoms with Gasteiger partial charge in [-0.05, 0) is 21.4 Å². The van der Waals surface area contributed by atoms with Gasteiger partial charge in [0.05, 0.1) is 0 Å². The van der Waals surface area contributed by atoms with Gasteiger partial charge in [0.1, 0.15) is 0 Å². The maximum absolute atomic E-state index is 12.5. The second-order valence-electron chi connectivity index (χ2n) is 1.60. The van der Waals surface area contributed by atoms with Crippen molar-refractivity contribution in [1.82, 2.24) is 0 Å². The number of hydrogen-bond donors (Lipinski definition) is 2. The maximum atomic E-state index is 12.5. The van der Waals surface area contributed by atoms with Crippen LogP contribution < -0.4 is 5.14 Å². The van der Waals surface area contributed by atoms with Gasteiger partial charge in [-0.1, -0.05) is 0 Å². The van der Waals surface area contributed by atoms with Gasteiger partial charge in [-0.3, -0.25) is 0 Å². The van der Waals surface area contributed by atoms with Gasteiger partial charge in [-0.2, -0.15) is 12.3 Å². The van der Waals surface area contributed by atoms with E-state index in [9.17, 15) is 12.3 Å². The topological polar surface area (TPSA) is 60.2 Å². The summed E-state index contributed by atoms with van der Waals surface area (Å²) in [5.74, 6) is 0. The molecule has 0 unspecified atom stereocenters. The predicted molar refractivity (Wildman–Crippen MR) is 40.8 cm³/mol. The lowest BCUT2D eigenvalue weighted by atomic mass is 12.0.